The lowest BCUT2D eigenvalue weighted by Crippen LogP contribution is -2.57. The topological polar surface area (TPSA) is 60.7 Å². The van der Waals surface area contributed by atoms with E-state index in [0.29, 0.717) is 6.42 Å². The summed E-state index contributed by atoms with van der Waals surface area (Å²) in [6.45, 7) is 7.61. The minimum absolute atomic E-state index is 0.0598. The summed E-state index contributed by atoms with van der Waals surface area (Å²) < 4.78 is 0. The number of fused-ring (bicyclic) bond motifs is 1. The molecular formula is C15H26O3. The quantitative estimate of drug-likeness (QED) is 0.661. The fourth-order valence-electron chi connectivity index (χ4n) is 3.87. The fraction of sp³-hybridized carbons (Fsp3) is 0.867. The van der Waals surface area contributed by atoms with Gasteiger partial charge in [0.25, 0.3) is 0 Å². The molecule has 0 aromatic rings. The van der Waals surface area contributed by atoms with Gasteiger partial charge in [-0.25, -0.2) is 0 Å². The third-order valence-electron chi connectivity index (χ3n) is 5.58. The van der Waals surface area contributed by atoms with Crippen molar-refractivity contribution in [1.29, 1.82) is 0 Å². The Bertz CT molecular complexity index is 350. The highest BCUT2D eigenvalue weighted by Gasteiger charge is 2.56. The third-order valence-corrected chi connectivity index (χ3v) is 5.58. The lowest BCUT2D eigenvalue weighted by molar-refractivity contribution is -0.152. The summed E-state index contributed by atoms with van der Waals surface area (Å²) in [5.41, 5.74) is -1.17. The Morgan fingerprint density at radius 1 is 1.44 bits per heavy atom. The molecule has 3 N–H and O–H groups in total. The Hall–Kier alpha value is -0.380. The summed E-state index contributed by atoms with van der Waals surface area (Å²) in [5, 5.41) is 30.6. The van der Waals surface area contributed by atoms with Crippen LogP contribution in [0.4, 0.5) is 0 Å². The molecule has 4 atom stereocenters. The second kappa shape index (κ2) is 4.32. The first-order valence-electron chi connectivity index (χ1n) is 6.99. The zero-order valence-electron chi connectivity index (χ0n) is 11.6. The van der Waals surface area contributed by atoms with Crippen molar-refractivity contribution >= 4 is 0 Å². The molecule has 0 saturated heterocycles. The van der Waals surface area contributed by atoms with Crippen LogP contribution in [0.3, 0.4) is 0 Å². The molecule has 0 heterocycles. The molecule has 2 aliphatic rings. The predicted octanol–water partition coefficient (Wildman–Crippen LogP) is 2.01. The van der Waals surface area contributed by atoms with Crippen LogP contribution in [0.1, 0.15) is 52.4 Å². The normalized spacial score (nSPS) is 44.3. The van der Waals surface area contributed by atoms with Crippen molar-refractivity contribution in [2.75, 3.05) is 6.61 Å². The molecule has 2 fully saturated rings. The molecule has 2 aliphatic carbocycles. The first-order valence-corrected chi connectivity index (χ1v) is 6.99. The molecule has 2 rings (SSSR count). The van der Waals surface area contributed by atoms with Crippen LogP contribution in [-0.4, -0.2) is 33.1 Å². The highest BCUT2D eigenvalue weighted by Crippen LogP contribution is 2.57. The molecule has 0 aromatic heterocycles. The van der Waals surface area contributed by atoms with E-state index in [1.165, 1.54) is 0 Å². The maximum Gasteiger partial charge on any atom is 0.0911 e. The van der Waals surface area contributed by atoms with E-state index < -0.39 is 11.2 Å². The lowest BCUT2D eigenvalue weighted by Gasteiger charge is -2.56. The SMILES string of the molecule is C=C1CCC[C@]2(C)CC[C@@H](C(C)(O)CO)C[C@@]12O. The van der Waals surface area contributed by atoms with Crippen LogP contribution in [0.15, 0.2) is 12.2 Å². The van der Waals surface area contributed by atoms with Crippen molar-refractivity contribution in [3.63, 3.8) is 0 Å². The molecule has 0 amide bonds. The average molecular weight is 254 g/mol. The number of rotatable bonds is 2. The van der Waals surface area contributed by atoms with E-state index in [2.05, 4.69) is 13.5 Å². The minimum Gasteiger partial charge on any atom is -0.393 e. The van der Waals surface area contributed by atoms with Gasteiger partial charge in [-0.05, 0) is 56.9 Å². The average Bonchev–Trinajstić information content (AvgIpc) is 2.31. The largest absolute Gasteiger partial charge is 0.393 e. The summed E-state index contributed by atoms with van der Waals surface area (Å²) in [5.74, 6) is -0.0598. The molecule has 0 aromatic carbocycles. The predicted molar refractivity (Wildman–Crippen MR) is 71.1 cm³/mol. The number of hydrogen-bond acceptors (Lipinski definition) is 3. The van der Waals surface area contributed by atoms with Gasteiger partial charge >= 0.3 is 0 Å². The van der Waals surface area contributed by atoms with Crippen molar-refractivity contribution in [2.45, 2.75) is 63.6 Å². The molecule has 0 spiro atoms. The van der Waals surface area contributed by atoms with Crippen molar-refractivity contribution in [1.82, 2.24) is 0 Å². The first kappa shape index (κ1) is 14.0. The van der Waals surface area contributed by atoms with Gasteiger partial charge in [-0.3, -0.25) is 0 Å². The van der Waals surface area contributed by atoms with Gasteiger partial charge in [-0.2, -0.15) is 0 Å². The van der Waals surface area contributed by atoms with Gasteiger partial charge in [0.1, 0.15) is 0 Å². The van der Waals surface area contributed by atoms with Crippen LogP contribution in [0.2, 0.25) is 0 Å². The monoisotopic (exact) mass is 254 g/mol. The Kier molecular flexibility index (Phi) is 3.37. The van der Waals surface area contributed by atoms with Crippen molar-refractivity contribution in [3.8, 4) is 0 Å². The Morgan fingerprint density at radius 3 is 2.72 bits per heavy atom. The summed E-state index contributed by atoms with van der Waals surface area (Å²) in [4.78, 5) is 0. The van der Waals surface area contributed by atoms with Crippen LogP contribution in [0.25, 0.3) is 0 Å². The molecule has 0 bridgehead atoms. The van der Waals surface area contributed by atoms with Gasteiger partial charge < -0.3 is 15.3 Å². The van der Waals surface area contributed by atoms with E-state index in [4.69, 9.17) is 0 Å². The van der Waals surface area contributed by atoms with Crippen LogP contribution < -0.4 is 0 Å². The van der Waals surface area contributed by atoms with Gasteiger partial charge in [0.2, 0.25) is 0 Å². The molecule has 0 radical (unpaired) electrons. The fourth-order valence-corrected chi connectivity index (χ4v) is 3.87. The zero-order valence-corrected chi connectivity index (χ0v) is 11.6. The van der Waals surface area contributed by atoms with E-state index in [1.807, 2.05) is 0 Å². The van der Waals surface area contributed by atoms with Crippen LogP contribution >= 0.6 is 0 Å². The molecule has 18 heavy (non-hydrogen) atoms. The molecule has 2 saturated carbocycles. The highest BCUT2D eigenvalue weighted by molar-refractivity contribution is 5.24. The molecule has 1 unspecified atom stereocenters. The summed E-state index contributed by atoms with van der Waals surface area (Å²) in [7, 11) is 0. The molecule has 0 aliphatic heterocycles. The van der Waals surface area contributed by atoms with Gasteiger partial charge in [0.05, 0.1) is 17.8 Å². The van der Waals surface area contributed by atoms with Crippen LogP contribution in [0.5, 0.6) is 0 Å². The van der Waals surface area contributed by atoms with Gasteiger partial charge in [0.15, 0.2) is 0 Å². The second-order valence-corrected chi connectivity index (χ2v) is 6.83. The summed E-state index contributed by atoms with van der Waals surface area (Å²) >= 11 is 0. The molecule has 3 nitrogen and oxygen atoms in total. The van der Waals surface area contributed by atoms with Crippen LogP contribution in [0, 0.1) is 11.3 Å². The number of aliphatic hydroxyl groups excluding tert-OH is 1. The zero-order chi connectivity index (χ0) is 13.6. The van der Waals surface area contributed by atoms with Crippen molar-refractivity contribution in [3.05, 3.63) is 12.2 Å². The second-order valence-electron chi connectivity index (χ2n) is 6.83. The van der Waals surface area contributed by atoms with E-state index >= 15 is 0 Å². The highest BCUT2D eigenvalue weighted by atomic mass is 16.3. The third kappa shape index (κ3) is 1.93. The van der Waals surface area contributed by atoms with Gasteiger partial charge in [-0.1, -0.05) is 13.5 Å². The van der Waals surface area contributed by atoms with Crippen LogP contribution in [-0.2, 0) is 0 Å². The summed E-state index contributed by atoms with van der Waals surface area (Å²) in [6.07, 6.45) is 5.27. The van der Waals surface area contributed by atoms with E-state index in [1.54, 1.807) is 6.92 Å². The maximum atomic E-state index is 11.1. The first-order chi connectivity index (χ1) is 8.25. The van der Waals surface area contributed by atoms with Gasteiger partial charge in [0, 0.05) is 5.41 Å². The maximum absolute atomic E-state index is 11.1. The Balaban J connectivity index is 2.27. The number of aliphatic hydroxyl groups is 3. The van der Waals surface area contributed by atoms with Crippen molar-refractivity contribution < 1.29 is 15.3 Å². The van der Waals surface area contributed by atoms with E-state index in [0.717, 1.165) is 37.7 Å². The smallest absolute Gasteiger partial charge is 0.0911 e. The number of hydrogen-bond donors (Lipinski definition) is 3. The Morgan fingerprint density at radius 2 is 2.11 bits per heavy atom. The molecule has 104 valence electrons. The lowest BCUT2D eigenvalue weighted by atomic mass is 9.52. The summed E-state index contributed by atoms with van der Waals surface area (Å²) in [6, 6.07) is 0. The molecular weight excluding hydrogens is 228 g/mol. The van der Waals surface area contributed by atoms with E-state index in [-0.39, 0.29) is 17.9 Å². The minimum atomic E-state index is -1.10. The standard InChI is InChI=1S/C15H26O3/c1-11-5-4-7-13(2)8-6-12(9-15(11,13)18)14(3,17)10-16/h12,16-18H,1,4-10H2,2-3H3/t12-,13-,14?,15-/m1/s1. The van der Waals surface area contributed by atoms with E-state index in [9.17, 15) is 15.3 Å². The Labute approximate surface area is 110 Å². The van der Waals surface area contributed by atoms with Crippen molar-refractivity contribution in [2.24, 2.45) is 11.3 Å². The molecule has 3 heteroatoms. The van der Waals surface area contributed by atoms with Gasteiger partial charge in [-0.15, -0.1) is 0 Å².